The number of non-ortho nitro benzene ring substituents is 1. The Labute approximate surface area is 141 Å². The second-order valence-corrected chi connectivity index (χ2v) is 6.86. The van der Waals surface area contributed by atoms with Crippen LogP contribution in [-0.2, 0) is 9.53 Å². The first kappa shape index (κ1) is 18.1. The maximum absolute atomic E-state index is 12.5. The Kier molecular flexibility index (Phi) is 5.70. The number of carbonyl (C=O) groups is 2. The smallest absolute Gasteiger partial charge is 0.338 e. The van der Waals surface area contributed by atoms with E-state index in [1.807, 2.05) is 13.8 Å². The van der Waals surface area contributed by atoms with E-state index in [0.717, 1.165) is 25.7 Å². The minimum absolute atomic E-state index is 0.0790. The van der Waals surface area contributed by atoms with Crippen molar-refractivity contribution in [3.8, 4) is 0 Å². The lowest BCUT2D eigenvalue weighted by Gasteiger charge is -2.35. The zero-order chi connectivity index (χ0) is 17.7. The van der Waals surface area contributed by atoms with Gasteiger partial charge in [-0.05, 0) is 30.9 Å². The van der Waals surface area contributed by atoms with E-state index in [-0.39, 0.29) is 23.6 Å². The molecule has 0 radical (unpaired) electrons. The number of Topliss-reactive ketones (excluding diaryl/α,β-unsaturated/α-hetero) is 1. The average molecular weight is 333 g/mol. The highest BCUT2D eigenvalue weighted by atomic mass is 16.6. The third kappa shape index (κ3) is 4.19. The lowest BCUT2D eigenvalue weighted by atomic mass is 9.69. The van der Waals surface area contributed by atoms with Gasteiger partial charge in [0.2, 0.25) is 0 Å². The van der Waals surface area contributed by atoms with Gasteiger partial charge >= 0.3 is 5.97 Å². The van der Waals surface area contributed by atoms with Crippen LogP contribution in [0.15, 0.2) is 24.3 Å². The first-order chi connectivity index (χ1) is 11.3. The Balaban J connectivity index is 1.92. The van der Waals surface area contributed by atoms with Gasteiger partial charge in [0.1, 0.15) is 0 Å². The monoisotopic (exact) mass is 333 g/mol. The molecule has 0 N–H and O–H groups in total. The van der Waals surface area contributed by atoms with Crippen molar-refractivity contribution in [3.05, 3.63) is 39.9 Å². The molecule has 0 aliphatic heterocycles. The molecule has 1 aliphatic carbocycles. The molecule has 6 heteroatoms. The van der Waals surface area contributed by atoms with Crippen LogP contribution in [0.3, 0.4) is 0 Å². The number of nitrogens with zero attached hydrogens (tertiary/aromatic N) is 1. The molecular formula is C18H23NO5. The van der Waals surface area contributed by atoms with E-state index in [2.05, 4.69) is 0 Å². The van der Waals surface area contributed by atoms with Gasteiger partial charge in [-0.15, -0.1) is 0 Å². The van der Waals surface area contributed by atoms with Crippen LogP contribution in [0.1, 0.15) is 56.3 Å². The predicted octanol–water partition coefficient (Wildman–Crippen LogP) is 3.93. The van der Waals surface area contributed by atoms with Gasteiger partial charge in [0, 0.05) is 17.5 Å². The van der Waals surface area contributed by atoms with E-state index in [0.29, 0.717) is 5.92 Å². The molecule has 2 rings (SSSR count). The van der Waals surface area contributed by atoms with Gasteiger partial charge < -0.3 is 4.74 Å². The molecule has 130 valence electrons. The zero-order valence-corrected chi connectivity index (χ0v) is 14.1. The van der Waals surface area contributed by atoms with Gasteiger partial charge in [0.15, 0.2) is 12.4 Å². The molecule has 0 unspecified atom stereocenters. The van der Waals surface area contributed by atoms with Crippen molar-refractivity contribution in [3.63, 3.8) is 0 Å². The van der Waals surface area contributed by atoms with Gasteiger partial charge in [-0.2, -0.15) is 0 Å². The predicted molar refractivity (Wildman–Crippen MR) is 88.7 cm³/mol. The number of nitro benzene ring substituents is 1. The highest BCUT2D eigenvalue weighted by molar-refractivity contribution is 5.93. The summed E-state index contributed by atoms with van der Waals surface area (Å²) in [6.45, 7) is 3.58. The normalized spacial score (nSPS) is 15.8. The fourth-order valence-electron chi connectivity index (χ4n) is 3.17. The first-order valence-corrected chi connectivity index (χ1v) is 8.27. The van der Waals surface area contributed by atoms with Crippen molar-refractivity contribution >= 4 is 17.4 Å². The lowest BCUT2D eigenvalue weighted by Crippen LogP contribution is -2.37. The Morgan fingerprint density at radius 3 is 2.29 bits per heavy atom. The molecule has 1 aromatic carbocycles. The lowest BCUT2D eigenvalue weighted by molar-refractivity contribution is -0.384. The number of rotatable bonds is 6. The number of carbonyl (C=O) groups excluding carboxylic acids is 2. The topological polar surface area (TPSA) is 86.5 Å². The SMILES string of the molecule is CC(C)(C(=O)COC(=O)c1ccc([N+](=O)[O-])cc1)C1CCCCC1. The fraction of sp³-hybridized carbons (Fsp3) is 0.556. The Morgan fingerprint density at radius 1 is 1.17 bits per heavy atom. The van der Waals surface area contributed by atoms with Gasteiger partial charge in [-0.3, -0.25) is 14.9 Å². The molecular weight excluding hydrogens is 310 g/mol. The zero-order valence-electron chi connectivity index (χ0n) is 14.1. The summed E-state index contributed by atoms with van der Waals surface area (Å²) in [7, 11) is 0. The number of hydrogen-bond donors (Lipinski definition) is 0. The minimum Gasteiger partial charge on any atom is -0.454 e. The van der Waals surface area contributed by atoms with Crippen molar-refractivity contribution in [2.75, 3.05) is 6.61 Å². The quantitative estimate of drug-likeness (QED) is 0.447. The fourth-order valence-corrected chi connectivity index (χ4v) is 3.17. The highest BCUT2D eigenvalue weighted by Crippen LogP contribution is 2.38. The van der Waals surface area contributed by atoms with E-state index in [1.165, 1.54) is 30.7 Å². The Hall–Kier alpha value is -2.24. The molecule has 1 fully saturated rings. The second-order valence-electron chi connectivity index (χ2n) is 6.86. The Bertz CT molecular complexity index is 615. The van der Waals surface area contributed by atoms with Gasteiger partial charge in [0.05, 0.1) is 10.5 Å². The molecule has 1 aromatic rings. The van der Waals surface area contributed by atoms with E-state index < -0.39 is 16.3 Å². The molecule has 0 saturated heterocycles. The van der Waals surface area contributed by atoms with Gasteiger partial charge in [-0.1, -0.05) is 33.1 Å². The van der Waals surface area contributed by atoms with Crippen molar-refractivity contribution in [1.82, 2.24) is 0 Å². The molecule has 0 heterocycles. The summed E-state index contributed by atoms with van der Waals surface area (Å²) in [4.78, 5) is 34.5. The molecule has 0 atom stereocenters. The van der Waals surface area contributed by atoms with Crippen LogP contribution in [0.25, 0.3) is 0 Å². The van der Waals surface area contributed by atoms with Crippen LogP contribution >= 0.6 is 0 Å². The number of benzene rings is 1. The summed E-state index contributed by atoms with van der Waals surface area (Å²) in [5, 5.41) is 10.6. The third-order valence-electron chi connectivity index (χ3n) is 4.99. The molecule has 6 nitrogen and oxygen atoms in total. The van der Waals surface area contributed by atoms with Crippen molar-refractivity contribution in [2.24, 2.45) is 11.3 Å². The number of ketones is 1. The first-order valence-electron chi connectivity index (χ1n) is 8.27. The van der Waals surface area contributed by atoms with Crippen LogP contribution < -0.4 is 0 Å². The van der Waals surface area contributed by atoms with Crippen LogP contribution in [-0.4, -0.2) is 23.3 Å². The molecule has 0 amide bonds. The summed E-state index contributed by atoms with van der Waals surface area (Å²) in [6.07, 6.45) is 5.58. The molecule has 1 aliphatic rings. The summed E-state index contributed by atoms with van der Waals surface area (Å²) in [5.41, 5.74) is -0.402. The summed E-state index contributed by atoms with van der Waals surface area (Å²) in [6, 6.07) is 5.14. The maximum Gasteiger partial charge on any atom is 0.338 e. The minimum atomic E-state index is -0.641. The van der Waals surface area contributed by atoms with E-state index in [1.54, 1.807) is 0 Å². The molecule has 0 bridgehead atoms. The summed E-state index contributed by atoms with van der Waals surface area (Å²) >= 11 is 0. The molecule has 0 spiro atoms. The Morgan fingerprint density at radius 2 is 1.75 bits per heavy atom. The van der Waals surface area contributed by atoms with Crippen LogP contribution in [0.5, 0.6) is 0 Å². The summed E-state index contributed by atoms with van der Waals surface area (Å²) < 4.78 is 5.11. The number of nitro groups is 1. The van der Waals surface area contributed by atoms with E-state index >= 15 is 0 Å². The van der Waals surface area contributed by atoms with E-state index in [9.17, 15) is 19.7 Å². The number of ether oxygens (including phenoxy) is 1. The number of hydrogen-bond acceptors (Lipinski definition) is 5. The summed E-state index contributed by atoms with van der Waals surface area (Å²) in [5.74, 6) is -0.390. The molecule has 0 aromatic heterocycles. The van der Waals surface area contributed by atoms with Crippen LogP contribution in [0, 0.1) is 21.4 Å². The second kappa shape index (κ2) is 7.55. The maximum atomic E-state index is 12.5. The van der Waals surface area contributed by atoms with Crippen LogP contribution in [0.2, 0.25) is 0 Å². The van der Waals surface area contributed by atoms with Gasteiger partial charge in [-0.25, -0.2) is 4.79 Å². The standard InChI is InChI=1S/C18H23NO5/c1-18(2,14-6-4-3-5-7-14)16(20)12-24-17(21)13-8-10-15(11-9-13)19(22)23/h8-11,14H,3-7,12H2,1-2H3. The number of esters is 1. The molecule has 1 saturated carbocycles. The highest BCUT2D eigenvalue weighted by Gasteiger charge is 2.37. The largest absolute Gasteiger partial charge is 0.454 e. The van der Waals surface area contributed by atoms with Gasteiger partial charge in [0.25, 0.3) is 5.69 Å². The van der Waals surface area contributed by atoms with E-state index in [4.69, 9.17) is 4.74 Å². The molecule has 24 heavy (non-hydrogen) atoms. The third-order valence-corrected chi connectivity index (χ3v) is 4.99. The van der Waals surface area contributed by atoms with Crippen molar-refractivity contribution < 1.29 is 19.2 Å². The average Bonchev–Trinajstić information content (AvgIpc) is 2.60. The van der Waals surface area contributed by atoms with Crippen LogP contribution in [0.4, 0.5) is 5.69 Å². The van der Waals surface area contributed by atoms with Crippen molar-refractivity contribution in [2.45, 2.75) is 46.0 Å². The van der Waals surface area contributed by atoms with Crippen molar-refractivity contribution in [1.29, 1.82) is 0 Å².